The molecule has 0 heterocycles. The quantitative estimate of drug-likeness (QED) is 0.403. The van der Waals surface area contributed by atoms with E-state index in [1.165, 1.54) is 0 Å². The summed E-state index contributed by atoms with van der Waals surface area (Å²) in [4.78, 5) is 12.6. The molecule has 0 spiro atoms. The molecule has 0 aromatic heterocycles. The molecule has 0 aliphatic carbocycles. The summed E-state index contributed by atoms with van der Waals surface area (Å²) in [7, 11) is 3.09. The highest BCUT2D eigenvalue weighted by molar-refractivity contribution is 7.80. The lowest BCUT2D eigenvalue weighted by molar-refractivity contribution is 0.0972. The molecule has 0 saturated carbocycles. The van der Waals surface area contributed by atoms with Crippen LogP contribution in [0.25, 0.3) is 0 Å². The summed E-state index contributed by atoms with van der Waals surface area (Å²) in [5.74, 6) is 1.30. The fourth-order valence-corrected chi connectivity index (χ4v) is 3.12. The molecule has 0 bridgehead atoms. The Morgan fingerprint density at radius 3 is 2.47 bits per heavy atom. The zero-order chi connectivity index (χ0) is 21.9. The zero-order valence-electron chi connectivity index (χ0n) is 17.4. The summed E-state index contributed by atoms with van der Waals surface area (Å²) in [5, 5.41) is 6.35. The van der Waals surface area contributed by atoms with Gasteiger partial charge in [0.05, 0.1) is 26.4 Å². The van der Waals surface area contributed by atoms with Gasteiger partial charge in [-0.25, -0.2) is 0 Å². The molecule has 0 saturated heterocycles. The van der Waals surface area contributed by atoms with E-state index in [1.54, 1.807) is 44.6 Å². The number of thiocarbonyl (C=S) groups is 1. The van der Waals surface area contributed by atoms with Crippen LogP contribution < -0.4 is 24.8 Å². The molecule has 0 atom stereocenters. The number of methoxy groups -OCH3 is 2. The Balaban J connectivity index is 1.97. The van der Waals surface area contributed by atoms with Crippen molar-refractivity contribution < 1.29 is 19.0 Å². The Hall–Kier alpha value is -2.51. The van der Waals surface area contributed by atoms with Crippen LogP contribution in [0.15, 0.2) is 36.4 Å². The number of benzene rings is 2. The fourth-order valence-electron chi connectivity index (χ4n) is 2.74. The molecule has 0 aliphatic heterocycles. The van der Waals surface area contributed by atoms with E-state index in [-0.39, 0.29) is 11.0 Å². The van der Waals surface area contributed by atoms with Crippen molar-refractivity contribution in [3.63, 3.8) is 0 Å². The van der Waals surface area contributed by atoms with Gasteiger partial charge in [-0.05, 0) is 42.4 Å². The smallest absolute Gasteiger partial charge is 0.261 e. The molecule has 2 aromatic rings. The number of ether oxygens (including phenoxy) is 3. The van der Waals surface area contributed by atoms with Crippen molar-refractivity contribution in [3.8, 4) is 17.2 Å². The molecule has 8 heteroatoms. The lowest BCUT2D eigenvalue weighted by Gasteiger charge is -2.15. The van der Waals surface area contributed by atoms with Gasteiger partial charge >= 0.3 is 0 Å². The van der Waals surface area contributed by atoms with Gasteiger partial charge in [-0.2, -0.15) is 0 Å². The normalized spacial score (nSPS) is 10.3. The minimum absolute atomic E-state index is 0.187. The fraction of sp³-hybridized carbons (Fsp3) is 0.364. The van der Waals surface area contributed by atoms with Crippen LogP contribution in [0.5, 0.6) is 17.2 Å². The average molecular weight is 451 g/mol. The van der Waals surface area contributed by atoms with Gasteiger partial charge in [-0.1, -0.05) is 43.5 Å². The minimum Gasteiger partial charge on any atom is -0.493 e. The topological polar surface area (TPSA) is 68.8 Å². The number of carbonyl (C=O) groups excluding carboxylic acids is 1. The van der Waals surface area contributed by atoms with Crippen LogP contribution in [0.2, 0.25) is 5.02 Å². The lowest BCUT2D eigenvalue weighted by atomic mass is 10.2. The Morgan fingerprint density at radius 1 is 1.07 bits per heavy atom. The number of halogens is 1. The van der Waals surface area contributed by atoms with E-state index in [0.29, 0.717) is 41.0 Å². The Bertz CT molecular complexity index is 876. The maximum Gasteiger partial charge on any atom is 0.261 e. The first-order chi connectivity index (χ1) is 14.5. The maximum atomic E-state index is 12.6. The van der Waals surface area contributed by atoms with Crippen molar-refractivity contribution in [3.05, 3.63) is 52.5 Å². The van der Waals surface area contributed by atoms with Crippen molar-refractivity contribution in [2.24, 2.45) is 0 Å². The van der Waals surface area contributed by atoms with Gasteiger partial charge in [0.15, 0.2) is 16.6 Å². The molecule has 2 aromatic carbocycles. The molecule has 1 amide bonds. The van der Waals surface area contributed by atoms with Crippen LogP contribution in [-0.2, 0) is 6.54 Å². The highest BCUT2D eigenvalue weighted by atomic mass is 35.5. The summed E-state index contributed by atoms with van der Waals surface area (Å²) in [5.41, 5.74) is 1.19. The van der Waals surface area contributed by atoms with Crippen molar-refractivity contribution in [2.75, 3.05) is 20.8 Å². The van der Waals surface area contributed by atoms with E-state index in [9.17, 15) is 4.79 Å². The maximum absolute atomic E-state index is 12.6. The third-order valence-corrected chi connectivity index (χ3v) is 4.95. The summed E-state index contributed by atoms with van der Waals surface area (Å²) in [6.45, 7) is 3.01. The number of nitrogens with one attached hydrogen (secondary N) is 2. The number of unbranched alkanes of at least 4 members (excludes halogenated alkanes) is 2. The van der Waals surface area contributed by atoms with E-state index in [4.69, 9.17) is 38.0 Å². The lowest BCUT2D eigenvalue weighted by Crippen LogP contribution is -2.39. The highest BCUT2D eigenvalue weighted by Gasteiger charge is 2.14. The predicted molar refractivity (Wildman–Crippen MR) is 123 cm³/mol. The van der Waals surface area contributed by atoms with Gasteiger partial charge in [0, 0.05) is 17.6 Å². The van der Waals surface area contributed by atoms with E-state index >= 15 is 0 Å². The summed E-state index contributed by atoms with van der Waals surface area (Å²) in [6, 6.07) is 10.5. The molecule has 0 fully saturated rings. The molecular formula is C22H27ClN2O4S. The van der Waals surface area contributed by atoms with Gasteiger partial charge in [0.1, 0.15) is 5.75 Å². The summed E-state index contributed by atoms with van der Waals surface area (Å²) >= 11 is 11.6. The zero-order valence-corrected chi connectivity index (χ0v) is 19.0. The molecule has 0 unspecified atom stereocenters. The van der Waals surface area contributed by atoms with E-state index in [0.717, 1.165) is 24.8 Å². The van der Waals surface area contributed by atoms with E-state index < -0.39 is 0 Å². The Morgan fingerprint density at radius 2 is 1.77 bits per heavy atom. The highest BCUT2D eigenvalue weighted by Crippen LogP contribution is 2.33. The monoisotopic (exact) mass is 450 g/mol. The molecule has 2 rings (SSSR count). The molecule has 0 aliphatic rings. The predicted octanol–water partition coefficient (Wildman–Crippen LogP) is 4.73. The molecule has 0 radical (unpaired) electrons. The summed E-state index contributed by atoms with van der Waals surface area (Å²) in [6.07, 6.45) is 3.13. The second-order valence-electron chi connectivity index (χ2n) is 6.49. The Kier molecular flexibility index (Phi) is 9.70. The first-order valence-electron chi connectivity index (χ1n) is 9.71. The van der Waals surface area contributed by atoms with Crippen molar-refractivity contribution >= 4 is 34.8 Å². The van der Waals surface area contributed by atoms with Crippen LogP contribution in [-0.4, -0.2) is 31.8 Å². The van der Waals surface area contributed by atoms with Crippen LogP contribution >= 0.6 is 23.8 Å². The summed E-state index contributed by atoms with van der Waals surface area (Å²) < 4.78 is 16.3. The third-order valence-electron chi connectivity index (χ3n) is 4.36. The van der Waals surface area contributed by atoms with Gasteiger partial charge < -0.3 is 19.5 Å². The van der Waals surface area contributed by atoms with Crippen molar-refractivity contribution in [1.82, 2.24) is 10.6 Å². The largest absolute Gasteiger partial charge is 0.493 e. The minimum atomic E-state index is -0.336. The standard InChI is InChI=1S/C22H27ClN2O4S/c1-4-5-8-11-29-18-10-7-6-9-16(18)21(26)25-22(30)24-14-15-12-19(27-2)20(28-3)13-17(15)23/h6-7,9-10,12-13H,4-5,8,11,14H2,1-3H3,(H2,24,25,26,30). The van der Waals surface area contributed by atoms with Gasteiger partial charge in [-0.3, -0.25) is 10.1 Å². The second-order valence-corrected chi connectivity index (χ2v) is 7.30. The number of amides is 1. The second kappa shape index (κ2) is 12.2. The van der Waals surface area contributed by atoms with Gasteiger partial charge in [0.2, 0.25) is 0 Å². The van der Waals surface area contributed by atoms with Gasteiger partial charge in [0.25, 0.3) is 5.91 Å². The number of para-hydroxylation sites is 1. The van der Waals surface area contributed by atoms with Crippen molar-refractivity contribution in [1.29, 1.82) is 0 Å². The van der Waals surface area contributed by atoms with Crippen LogP contribution in [0.3, 0.4) is 0 Å². The third kappa shape index (κ3) is 6.78. The van der Waals surface area contributed by atoms with Crippen LogP contribution in [0.4, 0.5) is 0 Å². The molecule has 30 heavy (non-hydrogen) atoms. The number of carbonyl (C=O) groups is 1. The van der Waals surface area contributed by atoms with E-state index in [2.05, 4.69) is 17.6 Å². The van der Waals surface area contributed by atoms with Gasteiger partial charge in [-0.15, -0.1) is 0 Å². The molecule has 162 valence electrons. The SMILES string of the molecule is CCCCCOc1ccccc1C(=O)NC(=S)NCc1cc(OC)c(OC)cc1Cl. The average Bonchev–Trinajstić information content (AvgIpc) is 2.75. The molecular weight excluding hydrogens is 424 g/mol. The Labute approximate surface area is 187 Å². The van der Waals surface area contributed by atoms with E-state index in [1.807, 2.05) is 6.07 Å². The van der Waals surface area contributed by atoms with Crippen LogP contribution in [0.1, 0.15) is 42.1 Å². The number of rotatable bonds is 10. The molecule has 6 nitrogen and oxygen atoms in total. The first kappa shape index (κ1) is 23.8. The molecule has 2 N–H and O–H groups in total. The van der Waals surface area contributed by atoms with Crippen molar-refractivity contribution in [2.45, 2.75) is 32.7 Å². The van der Waals surface area contributed by atoms with Crippen LogP contribution in [0, 0.1) is 0 Å². The first-order valence-corrected chi connectivity index (χ1v) is 10.5. The number of hydrogen-bond donors (Lipinski definition) is 2. The number of hydrogen-bond acceptors (Lipinski definition) is 5.